The number of halogens is 3. The molecule has 3 aromatic rings. The predicted molar refractivity (Wildman–Crippen MR) is 110 cm³/mol. The zero-order valence-electron chi connectivity index (χ0n) is 17.1. The van der Waals surface area contributed by atoms with Crippen LogP contribution in [0.3, 0.4) is 0 Å². The molecule has 0 saturated carbocycles. The van der Waals surface area contributed by atoms with Crippen molar-refractivity contribution in [1.82, 2.24) is 24.6 Å². The maximum Gasteiger partial charge on any atom is 0.573 e. The molecule has 3 heterocycles. The van der Waals surface area contributed by atoms with Crippen LogP contribution < -0.4 is 15.0 Å². The highest BCUT2D eigenvalue weighted by atomic mass is 19.4. The Hall–Kier alpha value is -3.83. The van der Waals surface area contributed by atoms with Gasteiger partial charge in [-0.15, -0.1) is 13.2 Å². The number of alkyl halides is 3. The standard InChI is InChI=1S/C20H20F3N7O2/c1-14-6-7-30(27-14)18-12-17(24-13-25-18)28-8-10-29(11-9-28)19(31)26-15-4-2-3-5-16(15)32-20(21,22)23/h2-7,12-13H,8-11H2,1H3,(H,26,31). The largest absolute Gasteiger partial charge is 0.573 e. The first-order valence-corrected chi connectivity index (χ1v) is 9.79. The number of carbonyl (C=O) groups excluding carboxylic acids is 1. The third-order valence-electron chi connectivity index (χ3n) is 4.84. The highest BCUT2D eigenvalue weighted by Crippen LogP contribution is 2.30. The lowest BCUT2D eigenvalue weighted by Gasteiger charge is -2.35. The van der Waals surface area contributed by atoms with Crippen molar-refractivity contribution < 1.29 is 22.7 Å². The number of nitrogens with one attached hydrogen (secondary N) is 1. The fraction of sp³-hybridized carbons (Fsp3) is 0.300. The topological polar surface area (TPSA) is 88.4 Å². The van der Waals surface area contributed by atoms with Crippen molar-refractivity contribution in [2.75, 3.05) is 36.4 Å². The molecule has 4 rings (SSSR count). The number of urea groups is 1. The molecule has 1 aliphatic heterocycles. The summed E-state index contributed by atoms with van der Waals surface area (Å²) in [4.78, 5) is 24.7. The Balaban J connectivity index is 1.38. The number of hydrogen-bond acceptors (Lipinski definition) is 6. The summed E-state index contributed by atoms with van der Waals surface area (Å²) in [5, 5.41) is 6.83. The Labute approximate surface area is 181 Å². The number of ether oxygens (including phenoxy) is 1. The van der Waals surface area contributed by atoms with Crippen LogP contribution in [0.15, 0.2) is 48.9 Å². The molecule has 2 aromatic heterocycles. The van der Waals surface area contributed by atoms with Gasteiger partial charge in [0.25, 0.3) is 0 Å². The molecule has 0 atom stereocenters. The van der Waals surface area contributed by atoms with Crippen molar-refractivity contribution >= 4 is 17.5 Å². The van der Waals surface area contributed by atoms with E-state index in [1.54, 1.807) is 4.68 Å². The summed E-state index contributed by atoms with van der Waals surface area (Å²) < 4.78 is 43.4. The van der Waals surface area contributed by atoms with Crippen molar-refractivity contribution in [3.05, 3.63) is 54.6 Å². The van der Waals surface area contributed by atoms with E-state index in [9.17, 15) is 18.0 Å². The molecule has 0 unspecified atom stereocenters. The zero-order chi connectivity index (χ0) is 22.7. The van der Waals surface area contributed by atoms with Gasteiger partial charge in [0.05, 0.1) is 11.4 Å². The number of amides is 2. The highest BCUT2D eigenvalue weighted by molar-refractivity contribution is 5.91. The van der Waals surface area contributed by atoms with Gasteiger partial charge in [0, 0.05) is 38.4 Å². The van der Waals surface area contributed by atoms with Gasteiger partial charge in [-0.25, -0.2) is 19.4 Å². The smallest absolute Gasteiger partial charge is 0.404 e. The summed E-state index contributed by atoms with van der Waals surface area (Å²) >= 11 is 0. The molecule has 0 aliphatic carbocycles. The van der Waals surface area contributed by atoms with E-state index < -0.39 is 18.1 Å². The van der Waals surface area contributed by atoms with Crippen LogP contribution in [0, 0.1) is 6.92 Å². The Morgan fingerprint density at radius 2 is 1.78 bits per heavy atom. The van der Waals surface area contributed by atoms with Gasteiger partial charge in [0.2, 0.25) is 0 Å². The van der Waals surface area contributed by atoms with Crippen LogP contribution in [0.25, 0.3) is 5.82 Å². The molecule has 0 spiro atoms. The lowest BCUT2D eigenvalue weighted by atomic mass is 10.3. The first kappa shape index (κ1) is 21.4. The minimum atomic E-state index is -4.85. The summed E-state index contributed by atoms with van der Waals surface area (Å²) in [6, 6.07) is 8.60. The minimum Gasteiger partial charge on any atom is -0.404 e. The normalized spacial score (nSPS) is 14.4. The van der Waals surface area contributed by atoms with Gasteiger partial charge in [-0.2, -0.15) is 5.10 Å². The summed E-state index contributed by atoms with van der Waals surface area (Å²) in [7, 11) is 0. The van der Waals surface area contributed by atoms with Crippen LogP contribution in [-0.2, 0) is 0 Å². The van der Waals surface area contributed by atoms with Crippen molar-refractivity contribution in [2.24, 2.45) is 0 Å². The van der Waals surface area contributed by atoms with Gasteiger partial charge in [-0.3, -0.25) is 0 Å². The van der Waals surface area contributed by atoms with Crippen molar-refractivity contribution in [2.45, 2.75) is 13.3 Å². The monoisotopic (exact) mass is 447 g/mol. The molecule has 12 heteroatoms. The first-order valence-electron chi connectivity index (χ1n) is 9.79. The lowest BCUT2D eigenvalue weighted by Crippen LogP contribution is -2.50. The molecule has 168 valence electrons. The molecule has 1 fully saturated rings. The van der Waals surface area contributed by atoms with Crippen LogP contribution in [0.1, 0.15) is 5.69 Å². The van der Waals surface area contributed by atoms with E-state index in [2.05, 4.69) is 25.1 Å². The summed E-state index contributed by atoms with van der Waals surface area (Å²) in [5.41, 5.74) is 0.819. The number of benzene rings is 1. The summed E-state index contributed by atoms with van der Waals surface area (Å²) in [6.07, 6.45) is -1.58. The van der Waals surface area contributed by atoms with Crippen LogP contribution >= 0.6 is 0 Å². The zero-order valence-corrected chi connectivity index (χ0v) is 17.1. The van der Waals surface area contributed by atoms with Crippen LogP contribution in [0.4, 0.5) is 29.5 Å². The molecule has 1 aliphatic rings. The van der Waals surface area contributed by atoms with Crippen molar-refractivity contribution in [3.8, 4) is 11.6 Å². The molecular formula is C20H20F3N7O2. The Kier molecular flexibility index (Phi) is 5.84. The third-order valence-corrected chi connectivity index (χ3v) is 4.84. The third kappa shape index (κ3) is 5.07. The lowest BCUT2D eigenvalue weighted by molar-refractivity contribution is -0.274. The number of piperazine rings is 1. The fourth-order valence-electron chi connectivity index (χ4n) is 3.29. The number of aromatic nitrogens is 4. The quantitative estimate of drug-likeness (QED) is 0.661. The molecule has 0 radical (unpaired) electrons. The van der Waals surface area contributed by atoms with Gasteiger partial charge in [0.1, 0.15) is 12.1 Å². The molecule has 32 heavy (non-hydrogen) atoms. The molecule has 1 aromatic carbocycles. The van der Waals surface area contributed by atoms with Crippen molar-refractivity contribution in [3.63, 3.8) is 0 Å². The Bertz CT molecular complexity index is 1090. The van der Waals surface area contributed by atoms with Gasteiger partial charge in [-0.05, 0) is 25.1 Å². The number of rotatable bonds is 4. The van der Waals surface area contributed by atoms with E-state index in [4.69, 9.17) is 0 Å². The predicted octanol–water partition coefficient (Wildman–Crippen LogP) is 3.22. The molecular weight excluding hydrogens is 427 g/mol. The molecule has 9 nitrogen and oxygen atoms in total. The first-order chi connectivity index (χ1) is 15.3. The van der Waals surface area contributed by atoms with Crippen LogP contribution in [-0.4, -0.2) is 63.2 Å². The van der Waals surface area contributed by atoms with E-state index in [-0.39, 0.29) is 5.69 Å². The second kappa shape index (κ2) is 8.73. The summed E-state index contributed by atoms with van der Waals surface area (Å²) in [6.45, 7) is 3.63. The molecule has 2 amide bonds. The number of anilines is 2. The van der Waals surface area contributed by atoms with Crippen LogP contribution in [0.5, 0.6) is 5.75 Å². The van der Waals surface area contributed by atoms with E-state index in [0.717, 1.165) is 11.8 Å². The van der Waals surface area contributed by atoms with Crippen LogP contribution in [0.2, 0.25) is 0 Å². The SMILES string of the molecule is Cc1ccn(-c2cc(N3CCN(C(=O)Nc4ccccc4OC(F)(F)F)CC3)ncn2)n1. The van der Waals surface area contributed by atoms with Gasteiger partial charge < -0.3 is 19.9 Å². The Morgan fingerprint density at radius 3 is 2.47 bits per heavy atom. The average Bonchev–Trinajstić information content (AvgIpc) is 3.21. The maximum absolute atomic E-state index is 12.6. The molecule has 1 saturated heterocycles. The van der Waals surface area contributed by atoms with Gasteiger partial charge in [-0.1, -0.05) is 12.1 Å². The van der Waals surface area contributed by atoms with Gasteiger partial charge in [0.15, 0.2) is 11.6 Å². The number of hydrogen-bond donors (Lipinski definition) is 1. The number of nitrogens with zero attached hydrogens (tertiary/aromatic N) is 6. The van der Waals surface area contributed by atoms with E-state index in [1.165, 1.54) is 29.4 Å². The maximum atomic E-state index is 12.6. The van der Waals surface area contributed by atoms with Crippen molar-refractivity contribution in [1.29, 1.82) is 0 Å². The second-order valence-electron chi connectivity index (χ2n) is 7.08. The number of aryl methyl sites for hydroxylation is 1. The number of para-hydroxylation sites is 2. The fourth-order valence-corrected chi connectivity index (χ4v) is 3.29. The number of carbonyl (C=O) groups is 1. The molecule has 0 bridgehead atoms. The summed E-state index contributed by atoms with van der Waals surface area (Å²) in [5.74, 6) is 0.867. The van der Waals surface area contributed by atoms with E-state index in [0.29, 0.717) is 37.8 Å². The Morgan fingerprint density at radius 1 is 1.06 bits per heavy atom. The van der Waals surface area contributed by atoms with Gasteiger partial charge >= 0.3 is 12.4 Å². The van der Waals surface area contributed by atoms with E-state index >= 15 is 0 Å². The second-order valence-corrected chi connectivity index (χ2v) is 7.08. The minimum absolute atomic E-state index is 0.0489. The highest BCUT2D eigenvalue weighted by Gasteiger charge is 2.32. The average molecular weight is 447 g/mol. The van der Waals surface area contributed by atoms with E-state index in [1.807, 2.05) is 30.2 Å². The molecule has 1 N–H and O–H groups in total.